The molecule has 24 heavy (non-hydrogen) atoms. The lowest BCUT2D eigenvalue weighted by Gasteiger charge is -2.23. The lowest BCUT2D eigenvalue weighted by Crippen LogP contribution is -2.43. The first-order chi connectivity index (χ1) is 10.9. The first-order valence-electron chi connectivity index (χ1n) is 6.88. The number of carboxylic acid groups (broad SMARTS) is 1. The minimum Gasteiger partial charge on any atom is -0.480 e. The van der Waals surface area contributed by atoms with Crippen LogP contribution in [0.5, 0.6) is 0 Å². The maximum Gasteiger partial charge on any atom is 0.326 e. The average molecular weight is 339 g/mol. The van der Waals surface area contributed by atoms with Crippen LogP contribution in [0.25, 0.3) is 0 Å². The summed E-state index contributed by atoms with van der Waals surface area (Å²) < 4.78 is 0. The molecule has 0 aliphatic heterocycles. The number of hydrogen-bond acceptors (Lipinski definition) is 6. The first kappa shape index (κ1) is 19.0. The fourth-order valence-corrected chi connectivity index (χ4v) is 1.99. The number of benzene rings is 1. The third-order valence-corrected chi connectivity index (χ3v) is 3.01. The third kappa shape index (κ3) is 5.30. The predicted molar refractivity (Wildman–Crippen MR) is 82.7 cm³/mol. The normalized spacial score (nSPS) is 12.3. The van der Waals surface area contributed by atoms with Crippen molar-refractivity contribution in [1.82, 2.24) is 5.32 Å². The molecule has 0 aliphatic rings. The van der Waals surface area contributed by atoms with E-state index in [2.05, 4.69) is 5.32 Å². The van der Waals surface area contributed by atoms with Crippen molar-refractivity contribution in [2.45, 2.75) is 33.2 Å². The van der Waals surface area contributed by atoms with Crippen molar-refractivity contribution >= 4 is 23.3 Å². The number of nitro groups is 2. The molecule has 0 saturated heterocycles. The van der Waals surface area contributed by atoms with E-state index in [0.29, 0.717) is 0 Å². The van der Waals surface area contributed by atoms with Gasteiger partial charge >= 0.3 is 5.97 Å². The lowest BCUT2D eigenvalue weighted by molar-refractivity contribution is -0.394. The molecular weight excluding hydrogens is 322 g/mol. The molecule has 0 bridgehead atoms. The summed E-state index contributed by atoms with van der Waals surface area (Å²) in [5.74, 6) is -2.20. The van der Waals surface area contributed by atoms with E-state index < -0.39 is 44.6 Å². The summed E-state index contributed by atoms with van der Waals surface area (Å²) in [6.07, 6.45) is 0.116. The van der Waals surface area contributed by atoms with Gasteiger partial charge in [-0.05, 0) is 11.8 Å². The molecule has 130 valence electrons. The van der Waals surface area contributed by atoms with E-state index >= 15 is 0 Å². The number of carboxylic acids is 1. The van der Waals surface area contributed by atoms with Gasteiger partial charge in [0.25, 0.3) is 17.3 Å². The number of aliphatic carboxylic acids is 1. The Hall–Kier alpha value is -3.04. The quantitative estimate of drug-likeness (QED) is 0.594. The third-order valence-electron chi connectivity index (χ3n) is 3.01. The molecule has 10 nitrogen and oxygen atoms in total. The highest BCUT2D eigenvalue weighted by molar-refractivity contribution is 5.97. The van der Waals surface area contributed by atoms with E-state index in [4.69, 9.17) is 0 Å². The van der Waals surface area contributed by atoms with E-state index in [1.807, 2.05) is 0 Å². The van der Waals surface area contributed by atoms with Crippen LogP contribution in [-0.2, 0) is 4.79 Å². The minimum absolute atomic E-state index is 0.116. The average Bonchev–Trinajstić information content (AvgIpc) is 2.44. The topological polar surface area (TPSA) is 153 Å². The van der Waals surface area contributed by atoms with Crippen LogP contribution in [0.2, 0.25) is 0 Å². The SMILES string of the molecule is CC(C)(C)C[C@H](NC(=O)c1cc([N+](=O)[O-])cc([N+](=O)[O-])c1)C(=O)O. The van der Waals surface area contributed by atoms with Crippen molar-refractivity contribution in [2.24, 2.45) is 5.41 Å². The van der Waals surface area contributed by atoms with Crippen molar-refractivity contribution in [2.75, 3.05) is 0 Å². The number of nitrogens with one attached hydrogen (secondary N) is 1. The van der Waals surface area contributed by atoms with Gasteiger partial charge < -0.3 is 10.4 Å². The number of amides is 1. The van der Waals surface area contributed by atoms with Crippen LogP contribution in [-0.4, -0.2) is 32.9 Å². The van der Waals surface area contributed by atoms with Crippen molar-refractivity contribution in [3.05, 3.63) is 44.0 Å². The van der Waals surface area contributed by atoms with Crippen LogP contribution >= 0.6 is 0 Å². The van der Waals surface area contributed by atoms with Crippen LogP contribution in [0.3, 0.4) is 0 Å². The standard InChI is InChI=1S/C14H17N3O7/c1-14(2,3)7-11(13(19)20)15-12(18)8-4-9(16(21)22)6-10(5-8)17(23)24/h4-6,11H,7H2,1-3H3,(H,15,18)(H,19,20)/t11-/m0/s1. The second-order valence-corrected chi connectivity index (χ2v) is 6.38. The van der Waals surface area contributed by atoms with Crippen molar-refractivity contribution in [1.29, 1.82) is 0 Å². The molecule has 0 heterocycles. The van der Waals surface area contributed by atoms with Crippen LogP contribution in [0.1, 0.15) is 37.6 Å². The number of carbonyl (C=O) groups excluding carboxylic acids is 1. The van der Waals surface area contributed by atoms with Gasteiger partial charge in [-0.3, -0.25) is 25.0 Å². The Morgan fingerprint density at radius 1 is 1.12 bits per heavy atom. The van der Waals surface area contributed by atoms with Crippen LogP contribution in [0.4, 0.5) is 11.4 Å². The Bertz CT molecular complexity index is 662. The zero-order chi connectivity index (χ0) is 18.7. The summed E-state index contributed by atoms with van der Waals surface area (Å²) in [6.45, 7) is 5.36. The van der Waals surface area contributed by atoms with Crippen molar-refractivity contribution in [3.8, 4) is 0 Å². The van der Waals surface area contributed by atoms with Gasteiger partial charge in [-0.2, -0.15) is 0 Å². The Morgan fingerprint density at radius 3 is 1.92 bits per heavy atom. The number of carbonyl (C=O) groups is 2. The van der Waals surface area contributed by atoms with Crippen LogP contribution < -0.4 is 5.32 Å². The summed E-state index contributed by atoms with van der Waals surface area (Å²) in [5, 5.41) is 33.1. The van der Waals surface area contributed by atoms with Crippen LogP contribution in [0.15, 0.2) is 18.2 Å². The van der Waals surface area contributed by atoms with Gasteiger partial charge in [0.2, 0.25) is 0 Å². The summed E-state index contributed by atoms with van der Waals surface area (Å²) in [5.41, 5.74) is -2.00. The highest BCUT2D eigenvalue weighted by Crippen LogP contribution is 2.24. The maximum absolute atomic E-state index is 12.2. The molecule has 0 unspecified atom stereocenters. The summed E-state index contributed by atoms with van der Waals surface area (Å²) in [4.78, 5) is 43.4. The second kappa shape index (κ2) is 7.02. The molecule has 0 fully saturated rings. The van der Waals surface area contributed by atoms with Crippen molar-refractivity contribution < 1.29 is 24.5 Å². The maximum atomic E-state index is 12.2. The molecule has 1 aromatic rings. The Labute approximate surface area is 136 Å². The van der Waals surface area contributed by atoms with Gasteiger partial charge in [-0.25, -0.2) is 4.79 Å². The predicted octanol–water partition coefficient (Wildman–Crippen LogP) is 2.12. The van der Waals surface area contributed by atoms with Gasteiger partial charge in [0.1, 0.15) is 6.04 Å². The molecule has 2 N–H and O–H groups in total. The highest BCUT2D eigenvalue weighted by atomic mass is 16.6. The summed E-state index contributed by atoms with van der Waals surface area (Å²) in [7, 11) is 0. The van der Waals surface area contributed by atoms with E-state index in [9.17, 15) is 34.9 Å². The number of hydrogen-bond donors (Lipinski definition) is 2. The fraction of sp³-hybridized carbons (Fsp3) is 0.429. The van der Waals surface area contributed by atoms with E-state index in [-0.39, 0.29) is 12.0 Å². The molecule has 10 heteroatoms. The Kier molecular flexibility index (Phi) is 5.56. The molecule has 0 spiro atoms. The number of nitrogens with zero attached hydrogens (tertiary/aromatic N) is 2. The second-order valence-electron chi connectivity index (χ2n) is 6.38. The molecule has 0 saturated carbocycles. The Balaban J connectivity index is 3.15. The van der Waals surface area contributed by atoms with Crippen LogP contribution in [0, 0.1) is 25.6 Å². The number of rotatable bonds is 6. The molecular formula is C14H17N3O7. The van der Waals surface area contributed by atoms with E-state index in [1.54, 1.807) is 20.8 Å². The summed E-state index contributed by atoms with van der Waals surface area (Å²) >= 11 is 0. The molecule has 1 atom stereocenters. The first-order valence-corrected chi connectivity index (χ1v) is 6.88. The van der Waals surface area contributed by atoms with Gasteiger partial charge in [0, 0.05) is 12.1 Å². The lowest BCUT2D eigenvalue weighted by atomic mass is 9.88. The monoisotopic (exact) mass is 339 g/mol. The zero-order valence-corrected chi connectivity index (χ0v) is 13.3. The summed E-state index contributed by atoms with van der Waals surface area (Å²) in [6, 6.07) is 1.22. The van der Waals surface area contributed by atoms with Gasteiger partial charge in [-0.1, -0.05) is 20.8 Å². The Morgan fingerprint density at radius 2 is 1.58 bits per heavy atom. The highest BCUT2D eigenvalue weighted by Gasteiger charge is 2.28. The van der Waals surface area contributed by atoms with E-state index in [1.165, 1.54) is 0 Å². The fourth-order valence-electron chi connectivity index (χ4n) is 1.99. The van der Waals surface area contributed by atoms with Crippen molar-refractivity contribution in [3.63, 3.8) is 0 Å². The molecule has 0 aliphatic carbocycles. The molecule has 1 rings (SSSR count). The number of nitro benzene ring substituents is 2. The molecule has 0 radical (unpaired) electrons. The largest absolute Gasteiger partial charge is 0.480 e. The van der Waals surface area contributed by atoms with Gasteiger partial charge in [0.15, 0.2) is 0 Å². The molecule has 0 aromatic heterocycles. The molecule has 1 amide bonds. The smallest absolute Gasteiger partial charge is 0.326 e. The zero-order valence-electron chi connectivity index (χ0n) is 13.3. The van der Waals surface area contributed by atoms with E-state index in [0.717, 1.165) is 18.2 Å². The van der Waals surface area contributed by atoms with Gasteiger partial charge in [-0.15, -0.1) is 0 Å². The minimum atomic E-state index is -1.27. The number of non-ortho nitro benzene ring substituents is 2. The molecule has 1 aromatic carbocycles. The van der Waals surface area contributed by atoms with Gasteiger partial charge in [0.05, 0.1) is 21.5 Å².